The summed E-state index contributed by atoms with van der Waals surface area (Å²) < 4.78 is 4.93. The Labute approximate surface area is 166 Å². The van der Waals surface area contributed by atoms with Gasteiger partial charge in [0, 0.05) is 12.1 Å². The topological polar surface area (TPSA) is 114 Å². The molecule has 0 aliphatic rings. The van der Waals surface area contributed by atoms with Crippen molar-refractivity contribution in [3.8, 4) is 0 Å². The standard InChI is InChI=1S/C17H21Cl2N3O5/c1-9(2)15(17(26)27-8-14(24)21-7-13(23)20-3)22-16(25)11-5-4-10(18)6-12(11)19/h4-6,9,15H,7-8H2,1-3H3,(H,20,23)(H,21,24)(H,22,25)/t15-/m0/s1. The van der Waals surface area contributed by atoms with Crippen molar-refractivity contribution in [2.75, 3.05) is 20.2 Å². The number of ether oxygens (including phenoxy) is 1. The molecule has 148 valence electrons. The van der Waals surface area contributed by atoms with Crippen LogP contribution in [-0.4, -0.2) is 49.9 Å². The van der Waals surface area contributed by atoms with Gasteiger partial charge in [-0.1, -0.05) is 37.0 Å². The van der Waals surface area contributed by atoms with E-state index in [4.69, 9.17) is 27.9 Å². The number of nitrogens with one attached hydrogen (secondary N) is 3. The molecule has 1 aromatic carbocycles. The van der Waals surface area contributed by atoms with Crippen LogP contribution in [0.5, 0.6) is 0 Å². The first-order valence-electron chi connectivity index (χ1n) is 8.05. The largest absolute Gasteiger partial charge is 0.454 e. The van der Waals surface area contributed by atoms with E-state index in [0.717, 1.165) is 0 Å². The molecule has 3 N–H and O–H groups in total. The van der Waals surface area contributed by atoms with E-state index >= 15 is 0 Å². The first kappa shape index (κ1) is 22.7. The summed E-state index contributed by atoms with van der Waals surface area (Å²) in [5, 5.41) is 7.68. The van der Waals surface area contributed by atoms with Gasteiger partial charge in [0.2, 0.25) is 5.91 Å². The molecule has 1 atom stereocenters. The van der Waals surface area contributed by atoms with Crippen LogP contribution in [0, 0.1) is 5.92 Å². The predicted molar refractivity (Wildman–Crippen MR) is 101 cm³/mol. The zero-order valence-electron chi connectivity index (χ0n) is 15.1. The van der Waals surface area contributed by atoms with E-state index in [2.05, 4.69) is 16.0 Å². The molecule has 1 rings (SSSR count). The summed E-state index contributed by atoms with van der Waals surface area (Å²) in [5.41, 5.74) is 0.155. The minimum absolute atomic E-state index is 0.143. The van der Waals surface area contributed by atoms with Crippen LogP contribution in [0.4, 0.5) is 0 Å². The average Bonchev–Trinajstić information content (AvgIpc) is 2.61. The number of carbonyl (C=O) groups is 4. The fourth-order valence-corrected chi connectivity index (χ4v) is 2.43. The Hall–Kier alpha value is -2.32. The number of benzene rings is 1. The van der Waals surface area contributed by atoms with Crippen molar-refractivity contribution < 1.29 is 23.9 Å². The number of hydrogen-bond donors (Lipinski definition) is 3. The lowest BCUT2D eigenvalue weighted by Crippen LogP contribution is -2.46. The van der Waals surface area contributed by atoms with Gasteiger partial charge < -0.3 is 20.7 Å². The van der Waals surface area contributed by atoms with Crippen molar-refractivity contribution in [3.05, 3.63) is 33.8 Å². The molecule has 0 bridgehead atoms. The molecular formula is C17H21Cl2N3O5. The average molecular weight is 418 g/mol. The van der Waals surface area contributed by atoms with Gasteiger partial charge in [-0.15, -0.1) is 0 Å². The first-order valence-corrected chi connectivity index (χ1v) is 8.81. The van der Waals surface area contributed by atoms with E-state index in [-0.39, 0.29) is 29.0 Å². The summed E-state index contributed by atoms with van der Waals surface area (Å²) in [6.45, 7) is 2.62. The predicted octanol–water partition coefficient (Wildman–Crippen LogP) is 1.15. The van der Waals surface area contributed by atoms with Crippen LogP contribution >= 0.6 is 23.2 Å². The van der Waals surface area contributed by atoms with Gasteiger partial charge in [-0.3, -0.25) is 14.4 Å². The zero-order valence-corrected chi connectivity index (χ0v) is 16.6. The van der Waals surface area contributed by atoms with Crippen molar-refractivity contribution in [2.24, 2.45) is 5.92 Å². The molecule has 0 fully saturated rings. The second-order valence-corrected chi connectivity index (χ2v) is 6.72. The Balaban J connectivity index is 2.66. The third-order valence-electron chi connectivity index (χ3n) is 3.45. The lowest BCUT2D eigenvalue weighted by molar-refractivity contribution is -0.151. The molecule has 0 saturated carbocycles. The highest BCUT2D eigenvalue weighted by molar-refractivity contribution is 6.36. The summed E-state index contributed by atoms with van der Waals surface area (Å²) in [5.74, 6) is -2.68. The highest BCUT2D eigenvalue weighted by atomic mass is 35.5. The maximum Gasteiger partial charge on any atom is 0.329 e. The SMILES string of the molecule is CNC(=O)CNC(=O)COC(=O)[C@@H](NC(=O)c1ccc(Cl)cc1Cl)C(C)C. The van der Waals surface area contributed by atoms with E-state index in [1.807, 2.05) is 0 Å². The second kappa shape index (κ2) is 10.7. The number of amides is 3. The molecule has 1 aromatic rings. The molecule has 27 heavy (non-hydrogen) atoms. The molecule has 0 unspecified atom stereocenters. The molecule has 0 aliphatic carbocycles. The maximum absolute atomic E-state index is 12.4. The normalized spacial score (nSPS) is 11.5. The van der Waals surface area contributed by atoms with E-state index in [9.17, 15) is 19.2 Å². The van der Waals surface area contributed by atoms with Gasteiger partial charge >= 0.3 is 5.97 Å². The molecule has 0 radical (unpaired) electrons. The van der Waals surface area contributed by atoms with Gasteiger partial charge in [-0.2, -0.15) is 0 Å². The molecule has 0 aliphatic heterocycles. The van der Waals surface area contributed by atoms with Crippen molar-refractivity contribution in [1.29, 1.82) is 0 Å². The lowest BCUT2D eigenvalue weighted by atomic mass is 10.0. The quantitative estimate of drug-likeness (QED) is 0.549. The van der Waals surface area contributed by atoms with Crippen LogP contribution in [0.1, 0.15) is 24.2 Å². The summed E-state index contributed by atoms with van der Waals surface area (Å²) in [4.78, 5) is 47.3. The van der Waals surface area contributed by atoms with Crippen LogP contribution in [-0.2, 0) is 19.1 Å². The number of hydrogen-bond acceptors (Lipinski definition) is 5. The number of rotatable bonds is 8. The minimum atomic E-state index is -0.990. The molecule has 0 spiro atoms. The Bertz CT molecular complexity index is 725. The minimum Gasteiger partial charge on any atom is -0.454 e. The highest BCUT2D eigenvalue weighted by Gasteiger charge is 2.27. The van der Waals surface area contributed by atoms with Gasteiger partial charge in [0.05, 0.1) is 17.1 Å². The van der Waals surface area contributed by atoms with Gasteiger partial charge in [-0.05, 0) is 24.1 Å². The molecule has 0 heterocycles. The molecule has 8 nitrogen and oxygen atoms in total. The molecule has 3 amide bonds. The monoisotopic (exact) mass is 417 g/mol. The number of carbonyl (C=O) groups excluding carboxylic acids is 4. The Morgan fingerprint density at radius 1 is 1.11 bits per heavy atom. The highest BCUT2D eigenvalue weighted by Crippen LogP contribution is 2.21. The van der Waals surface area contributed by atoms with E-state index in [0.29, 0.717) is 5.02 Å². The molecule has 10 heteroatoms. The van der Waals surface area contributed by atoms with Crippen LogP contribution in [0.2, 0.25) is 10.0 Å². The number of likely N-dealkylation sites (N-methyl/N-ethyl adjacent to an activating group) is 1. The second-order valence-electron chi connectivity index (χ2n) is 5.88. The first-order chi connectivity index (χ1) is 12.6. The molecule has 0 saturated heterocycles. The lowest BCUT2D eigenvalue weighted by Gasteiger charge is -2.21. The van der Waals surface area contributed by atoms with E-state index < -0.39 is 30.4 Å². The smallest absolute Gasteiger partial charge is 0.329 e. The van der Waals surface area contributed by atoms with E-state index in [1.165, 1.54) is 25.2 Å². The Kier molecular flexibility index (Phi) is 9.04. The van der Waals surface area contributed by atoms with Crippen molar-refractivity contribution >= 4 is 46.9 Å². The summed E-state index contributed by atoms with van der Waals surface area (Å²) in [7, 11) is 1.43. The van der Waals surface area contributed by atoms with Crippen LogP contribution in [0.3, 0.4) is 0 Å². The van der Waals surface area contributed by atoms with Crippen molar-refractivity contribution in [3.63, 3.8) is 0 Å². The van der Waals surface area contributed by atoms with Gasteiger partial charge in [0.15, 0.2) is 6.61 Å². The number of halogens is 2. The van der Waals surface area contributed by atoms with Crippen molar-refractivity contribution in [1.82, 2.24) is 16.0 Å². The third kappa shape index (κ3) is 7.44. The van der Waals surface area contributed by atoms with Gasteiger partial charge in [-0.25, -0.2) is 4.79 Å². The maximum atomic E-state index is 12.4. The van der Waals surface area contributed by atoms with Gasteiger partial charge in [0.1, 0.15) is 6.04 Å². The summed E-state index contributed by atoms with van der Waals surface area (Å²) in [6.07, 6.45) is 0. The fourth-order valence-electron chi connectivity index (χ4n) is 1.94. The van der Waals surface area contributed by atoms with Crippen LogP contribution in [0.15, 0.2) is 18.2 Å². The molecular weight excluding hydrogens is 397 g/mol. The summed E-state index contributed by atoms with van der Waals surface area (Å²) in [6, 6.07) is 3.37. The van der Waals surface area contributed by atoms with Crippen molar-refractivity contribution in [2.45, 2.75) is 19.9 Å². The summed E-state index contributed by atoms with van der Waals surface area (Å²) >= 11 is 11.8. The number of esters is 1. The fraction of sp³-hybridized carbons (Fsp3) is 0.412. The molecule has 0 aromatic heterocycles. The Morgan fingerprint density at radius 2 is 1.78 bits per heavy atom. The Morgan fingerprint density at radius 3 is 2.33 bits per heavy atom. The van der Waals surface area contributed by atoms with Crippen LogP contribution < -0.4 is 16.0 Å². The van der Waals surface area contributed by atoms with Gasteiger partial charge in [0.25, 0.3) is 11.8 Å². The van der Waals surface area contributed by atoms with Crippen LogP contribution in [0.25, 0.3) is 0 Å². The van der Waals surface area contributed by atoms with E-state index in [1.54, 1.807) is 13.8 Å². The third-order valence-corrected chi connectivity index (χ3v) is 4.00. The zero-order chi connectivity index (χ0) is 20.6.